The SMILES string of the molecule is CC1(C)O[C@@H](CC(=O)O)C[C@H]([C@H](C#N)C(C)(C)C)O1. The topological polar surface area (TPSA) is 79.5 Å². The van der Waals surface area contributed by atoms with Crippen molar-refractivity contribution in [2.75, 3.05) is 0 Å². The van der Waals surface area contributed by atoms with Gasteiger partial charge in [-0.2, -0.15) is 5.26 Å². The van der Waals surface area contributed by atoms with Gasteiger partial charge in [0.05, 0.1) is 30.6 Å². The van der Waals surface area contributed by atoms with Gasteiger partial charge >= 0.3 is 5.97 Å². The minimum Gasteiger partial charge on any atom is -0.481 e. The van der Waals surface area contributed by atoms with Gasteiger partial charge in [0, 0.05) is 6.42 Å². The smallest absolute Gasteiger partial charge is 0.305 e. The van der Waals surface area contributed by atoms with Crippen LogP contribution in [-0.4, -0.2) is 29.1 Å². The van der Waals surface area contributed by atoms with E-state index in [9.17, 15) is 10.1 Å². The second-order valence-corrected chi connectivity index (χ2v) is 6.60. The van der Waals surface area contributed by atoms with Crippen molar-refractivity contribution in [3.05, 3.63) is 0 Å². The Morgan fingerprint density at radius 3 is 2.47 bits per heavy atom. The molecule has 1 heterocycles. The van der Waals surface area contributed by atoms with E-state index in [1.165, 1.54) is 0 Å². The molecule has 0 amide bonds. The minimum absolute atomic E-state index is 0.0639. The molecule has 0 aromatic carbocycles. The number of carbonyl (C=O) groups is 1. The van der Waals surface area contributed by atoms with Crippen LogP contribution in [0, 0.1) is 22.7 Å². The highest BCUT2D eigenvalue weighted by Crippen LogP contribution is 2.38. The van der Waals surface area contributed by atoms with Crippen molar-refractivity contribution in [1.82, 2.24) is 0 Å². The quantitative estimate of drug-likeness (QED) is 0.851. The van der Waals surface area contributed by atoms with Gasteiger partial charge in [-0.1, -0.05) is 20.8 Å². The van der Waals surface area contributed by atoms with Crippen LogP contribution >= 0.6 is 0 Å². The van der Waals surface area contributed by atoms with Crippen LogP contribution in [0.2, 0.25) is 0 Å². The van der Waals surface area contributed by atoms with Gasteiger partial charge in [0.15, 0.2) is 5.79 Å². The predicted molar refractivity (Wildman–Crippen MR) is 69.3 cm³/mol. The van der Waals surface area contributed by atoms with Gasteiger partial charge in [-0.25, -0.2) is 0 Å². The Balaban J connectivity index is 2.89. The highest BCUT2D eigenvalue weighted by molar-refractivity contribution is 5.67. The molecule has 0 unspecified atom stereocenters. The number of rotatable bonds is 3. The van der Waals surface area contributed by atoms with Crippen molar-refractivity contribution in [2.24, 2.45) is 11.3 Å². The Morgan fingerprint density at radius 1 is 1.47 bits per heavy atom. The van der Waals surface area contributed by atoms with E-state index in [0.717, 1.165) is 0 Å². The summed E-state index contributed by atoms with van der Waals surface area (Å²) < 4.78 is 11.4. The van der Waals surface area contributed by atoms with Crippen molar-refractivity contribution in [3.63, 3.8) is 0 Å². The van der Waals surface area contributed by atoms with E-state index in [1.807, 2.05) is 20.8 Å². The van der Waals surface area contributed by atoms with E-state index in [2.05, 4.69) is 6.07 Å². The van der Waals surface area contributed by atoms with Crippen LogP contribution in [0.5, 0.6) is 0 Å². The first-order chi connectivity index (χ1) is 8.55. The van der Waals surface area contributed by atoms with Crippen molar-refractivity contribution >= 4 is 5.97 Å². The maximum absolute atomic E-state index is 10.8. The molecule has 1 saturated heterocycles. The first-order valence-electron chi connectivity index (χ1n) is 6.52. The summed E-state index contributed by atoms with van der Waals surface area (Å²) in [5.74, 6) is -2.05. The fourth-order valence-corrected chi connectivity index (χ4v) is 2.51. The van der Waals surface area contributed by atoms with Gasteiger partial charge in [-0.15, -0.1) is 0 Å². The molecule has 5 nitrogen and oxygen atoms in total. The first-order valence-corrected chi connectivity index (χ1v) is 6.52. The second-order valence-electron chi connectivity index (χ2n) is 6.60. The van der Waals surface area contributed by atoms with Crippen LogP contribution in [0.1, 0.15) is 47.5 Å². The number of nitrogens with zero attached hydrogens (tertiary/aromatic N) is 1. The van der Waals surface area contributed by atoms with E-state index >= 15 is 0 Å². The van der Waals surface area contributed by atoms with Gasteiger partial charge in [-0.3, -0.25) is 4.79 Å². The van der Waals surface area contributed by atoms with E-state index in [-0.39, 0.29) is 23.9 Å². The molecule has 0 saturated carbocycles. The third-order valence-corrected chi connectivity index (χ3v) is 3.23. The van der Waals surface area contributed by atoms with Crippen molar-refractivity contribution < 1.29 is 19.4 Å². The molecule has 5 heteroatoms. The van der Waals surface area contributed by atoms with Gasteiger partial charge in [-0.05, 0) is 19.3 Å². The van der Waals surface area contributed by atoms with Crippen LogP contribution in [-0.2, 0) is 14.3 Å². The van der Waals surface area contributed by atoms with Crippen molar-refractivity contribution in [1.29, 1.82) is 5.26 Å². The molecule has 3 atom stereocenters. The van der Waals surface area contributed by atoms with E-state index < -0.39 is 17.9 Å². The highest BCUT2D eigenvalue weighted by atomic mass is 16.7. The lowest BCUT2D eigenvalue weighted by molar-refractivity contribution is -0.308. The monoisotopic (exact) mass is 269 g/mol. The Bertz CT molecular complexity index is 378. The lowest BCUT2D eigenvalue weighted by Gasteiger charge is -2.44. The van der Waals surface area contributed by atoms with E-state index in [1.54, 1.807) is 13.8 Å². The Morgan fingerprint density at radius 2 is 2.05 bits per heavy atom. The molecule has 0 aromatic rings. The fourth-order valence-electron chi connectivity index (χ4n) is 2.51. The second kappa shape index (κ2) is 5.48. The molecule has 1 N–H and O–H groups in total. The summed E-state index contributed by atoms with van der Waals surface area (Å²) in [6, 6.07) is 2.30. The van der Waals surface area contributed by atoms with Gasteiger partial charge in [0.1, 0.15) is 0 Å². The lowest BCUT2D eigenvalue weighted by Crippen LogP contribution is -2.49. The molecule has 0 bridgehead atoms. The maximum atomic E-state index is 10.8. The number of nitriles is 1. The zero-order valence-electron chi connectivity index (χ0n) is 12.3. The lowest BCUT2D eigenvalue weighted by atomic mass is 9.76. The Hall–Kier alpha value is -1.12. The zero-order valence-corrected chi connectivity index (χ0v) is 12.3. The Kier molecular flexibility index (Phi) is 4.59. The van der Waals surface area contributed by atoms with E-state index in [0.29, 0.717) is 6.42 Å². The normalized spacial score (nSPS) is 28.4. The zero-order chi connectivity index (χ0) is 14.8. The molecule has 19 heavy (non-hydrogen) atoms. The summed E-state index contributed by atoms with van der Waals surface area (Å²) in [6.07, 6.45) is -0.348. The third kappa shape index (κ3) is 4.48. The first kappa shape index (κ1) is 15.9. The molecule has 0 radical (unpaired) electrons. The largest absolute Gasteiger partial charge is 0.481 e. The number of ether oxygens (including phenoxy) is 2. The molecule has 0 spiro atoms. The summed E-state index contributed by atoms with van der Waals surface area (Å²) in [4.78, 5) is 10.8. The fraction of sp³-hybridized carbons (Fsp3) is 0.857. The van der Waals surface area contributed by atoms with Gasteiger partial charge in [0.2, 0.25) is 0 Å². The minimum atomic E-state index is -0.897. The van der Waals surface area contributed by atoms with Crippen molar-refractivity contribution in [2.45, 2.75) is 65.5 Å². The van der Waals surface area contributed by atoms with Gasteiger partial charge < -0.3 is 14.6 Å². The highest BCUT2D eigenvalue weighted by Gasteiger charge is 2.43. The average Bonchev–Trinajstić information content (AvgIpc) is 2.11. The summed E-state index contributed by atoms with van der Waals surface area (Å²) in [5, 5.41) is 18.3. The summed E-state index contributed by atoms with van der Waals surface area (Å²) in [7, 11) is 0. The Labute approximate surface area is 114 Å². The number of carboxylic acids is 1. The number of carboxylic acid groups (broad SMARTS) is 1. The summed E-state index contributed by atoms with van der Waals surface area (Å²) >= 11 is 0. The van der Waals surface area contributed by atoms with E-state index in [4.69, 9.17) is 14.6 Å². The maximum Gasteiger partial charge on any atom is 0.305 e. The molecule has 0 aliphatic carbocycles. The molecule has 0 aromatic heterocycles. The average molecular weight is 269 g/mol. The molecular weight excluding hydrogens is 246 g/mol. The van der Waals surface area contributed by atoms with Crippen LogP contribution < -0.4 is 0 Å². The standard InChI is InChI=1S/C14H23NO4/c1-13(2,3)10(8-15)11-6-9(7-12(16)17)18-14(4,5)19-11/h9-11H,6-7H2,1-5H3,(H,16,17)/t9-,10+,11-/m1/s1. The summed E-state index contributed by atoms with van der Waals surface area (Å²) in [5.41, 5.74) is -0.222. The molecule has 1 fully saturated rings. The summed E-state index contributed by atoms with van der Waals surface area (Å²) in [6.45, 7) is 9.47. The third-order valence-electron chi connectivity index (χ3n) is 3.23. The van der Waals surface area contributed by atoms with Crippen LogP contribution in [0.3, 0.4) is 0 Å². The number of aliphatic carboxylic acids is 1. The molecule has 1 rings (SSSR count). The number of hydrogen-bond acceptors (Lipinski definition) is 4. The predicted octanol–water partition coefficient (Wildman–Crippen LogP) is 2.56. The molecule has 1 aliphatic heterocycles. The number of hydrogen-bond donors (Lipinski definition) is 1. The van der Waals surface area contributed by atoms with Crippen molar-refractivity contribution in [3.8, 4) is 6.07 Å². The van der Waals surface area contributed by atoms with Gasteiger partial charge in [0.25, 0.3) is 0 Å². The molecule has 108 valence electrons. The van der Waals surface area contributed by atoms with Crippen LogP contribution in [0.25, 0.3) is 0 Å². The molecular formula is C14H23NO4. The van der Waals surface area contributed by atoms with Crippen LogP contribution in [0.4, 0.5) is 0 Å². The van der Waals surface area contributed by atoms with Crippen LogP contribution in [0.15, 0.2) is 0 Å². The molecule has 1 aliphatic rings.